The van der Waals surface area contributed by atoms with Crippen LogP contribution in [-0.2, 0) is 6.61 Å². The fourth-order valence-corrected chi connectivity index (χ4v) is 7.34. The predicted molar refractivity (Wildman–Crippen MR) is 179 cm³/mol. The van der Waals surface area contributed by atoms with Crippen LogP contribution < -0.4 is 24.6 Å². The SMILES string of the molecule is C=CC1CCC(COc2ccc3c(c2F)OCc2c-3ccc(OCC)c2F)C(c2cc(OCC)c(F)c3c(=O)oc4c(F)c(O)ccc4c23)C1. The molecule has 1 aromatic heterocycles. The van der Waals surface area contributed by atoms with Gasteiger partial charge in [0.2, 0.25) is 11.6 Å². The molecular weight excluding hydrogens is 656 g/mol. The maximum atomic E-state index is 16.0. The first-order valence-electron chi connectivity index (χ1n) is 16.5. The standard InChI is InChI=1S/C39H34F4O7/c1-4-19-7-8-20(17-48-29-14-11-22-21-10-13-28(46-5-2)33(40)26(21)18-49-37(22)36(29)43)24(15-19)25-16-30(47-6-3)35(42)32-31(25)23-9-12-27(44)34(41)38(23)50-39(32)45/h4,9-14,16,19-20,24,44H,1,5-8,15,17-18H2,2-3H3. The molecule has 1 aliphatic carbocycles. The molecule has 11 heteroatoms. The number of rotatable bonds is 9. The Labute approximate surface area is 284 Å². The van der Waals surface area contributed by atoms with Gasteiger partial charge in [0.1, 0.15) is 12.0 Å². The number of allylic oxidation sites excluding steroid dienone is 1. The molecule has 0 saturated heterocycles. The van der Waals surface area contributed by atoms with Gasteiger partial charge in [0.05, 0.1) is 19.8 Å². The summed E-state index contributed by atoms with van der Waals surface area (Å²) in [4.78, 5) is 13.2. The van der Waals surface area contributed by atoms with Crippen LogP contribution in [0.2, 0.25) is 0 Å². The molecule has 7 rings (SSSR count). The molecule has 3 unspecified atom stereocenters. The summed E-state index contributed by atoms with van der Waals surface area (Å²) in [5.74, 6) is -4.89. The zero-order chi connectivity index (χ0) is 35.3. The van der Waals surface area contributed by atoms with Crippen molar-refractivity contribution in [2.24, 2.45) is 11.8 Å². The number of ether oxygens (including phenoxy) is 4. The van der Waals surface area contributed by atoms with Gasteiger partial charge < -0.3 is 28.5 Å². The second-order valence-electron chi connectivity index (χ2n) is 12.5. The zero-order valence-corrected chi connectivity index (χ0v) is 27.4. The van der Waals surface area contributed by atoms with Crippen molar-refractivity contribution in [2.45, 2.75) is 45.6 Å². The van der Waals surface area contributed by atoms with E-state index in [0.717, 1.165) is 12.5 Å². The highest BCUT2D eigenvalue weighted by Gasteiger charge is 2.35. The summed E-state index contributed by atoms with van der Waals surface area (Å²) in [5, 5.41) is 9.87. The number of fused-ring (bicyclic) bond motifs is 6. The molecule has 1 aliphatic heterocycles. The number of hydrogen-bond acceptors (Lipinski definition) is 7. The van der Waals surface area contributed by atoms with E-state index in [9.17, 15) is 9.90 Å². The minimum atomic E-state index is -1.14. The first-order chi connectivity index (χ1) is 24.2. The monoisotopic (exact) mass is 690 g/mol. The number of aromatic hydroxyl groups is 1. The summed E-state index contributed by atoms with van der Waals surface area (Å²) in [5.41, 5.74) is 0.0406. The molecule has 1 N–H and O–H groups in total. The van der Waals surface area contributed by atoms with Gasteiger partial charge in [-0.25, -0.2) is 13.6 Å². The van der Waals surface area contributed by atoms with Crippen LogP contribution in [0.15, 0.2) is 64.3 Å². The Hall–Kier alpha value is -5.19. The zero-order valence-electron chi connectivity index (χ0n) is 27.4. The summed E-state index contributed by atoms with van der Waals surface area (Å²) < 4.78 is 90.1. The largest absolute Gasteiger partial charge is 0.505 e. The molecule has 0 bridgehead atoms. The molecule has 1 fully saturated rings. The Kier molecular flexibility index (Phi) is 8.84. The van der Waals surface area contributed by atoms with E-state index in [2.05, 4.69) is 6.58 Å². The van der Waals surface area contributed by atoms with Gasteiger partial charge in [-0.1, -0.05) is 6.08 Å². The molecule has 2 aliphatic rings. The van der Waals surface area contributed by atoms with E-state index < -0.39 is 51.5 Å². The Balaban J connectivity index is 1.29. The van der Waals surface area contributed by atoms with Crippen molar-refractivity contribution in [3.63, 3.8) is 0 Å². The number of halogens is 4. The predicted octanol–water partition coefficient (Wildman–Crippen LogP) is 9.33. The van der Waals surface area contributed by atoms with Gasteiger partial charge in [-0.2, -0.15) is 8.78 Å². The van der Waals surface area contributed by atoms with Gasteiger partial charge >= 0.3 is 5.63 Å². The second-order valence-corrected chi connectivity index (χ2v) is 12.5. The molecular formula is C39H34F4O7. The van der Waals surface area contributed by atoms with Crippen molar-refractivity contribution >= 4 is 21.7 Å². The smallest absolute Gasteiger partial charge is 0.347 e. The maximum absolute atomic E-state index is 16.0. The van der Waals surface area contributed by atoms with E-state index in [1.807, 2.05) is 6.08 Å². The van der Waals surface area contributed by atoms with Crippen LogP contribution in [-0.4, -0.2) is 24.9 Å². The molecule has 7 nitrogen and oxygen atoms in total. The average Bonchev–Trinajstić information content (AvgIpc) is 3.12. The van der Waals surface area contributed by atoms with Crippen LogP contribution in [0.25, 0.3) is 32.9 Å². The van der Waals surface area contributed by atoms with Crippen molar-refractivity contribution in [2.75, 3.05) is 19.8 Å². The molecule has 5 aromatic rings. The fraction of sp³-hybridized carbons (Fsp3) is 0.308. The lowest BCUT2D eigenvalue weighted by Crippen LogP contribution is -2.28. The van der Waals surface area contributed by atoms with E-state index in [0.29, 0.717) is 36.1 Å². The third-order valence-electron chi connectivity index (χ3n) is 9.75. The van der Waals surface area contributed by atoms with E-state index in [1.165, 1.54) is 24.3 Å². The molecule has 260 valence electrons. The van der Waals surface area contributed by atoms with Crippen LogP contribution in [0.5, 0.6) is 28.7 Å². The lowest BCUT2D eigenvalue weighted by molar-refractivity contribution is 0.165. The van der Waals surface area contributed by atoms with Crippen LogP contribution in [0, 0.1) is 35.1 Å². The molecule has 2 heterocycles. The highest BCUT2D eigenvalue weighted by atomic mass is 19.1. The number of benzene rings is 4. The highest BCUT2D eigenvalue weighted by molar-refractivity contribution is 6.07. The third-order valence-corrected chi connectivity index (χ3v) is 9.75. The van der Waals surface area contributed by atoms with Crippen LogP contribution in [0.4, 0.5) is 17.6 Å². The fourth-order valence-electron chi connectivity index (χ4n) is 7.34. The van der Waals surface area contributed by atoms with E-state index in [1.54, 1.807) is 26.0 Å². The summed E-state index contributed by atoms with van der Waals surface area (Å²) in [6, 6.07) is 10.3. The van der Waals surface area contributed by atoms with Crippen LogP contribution in [0.3, 0.4) is 0 Å². The quantitative estimate of drug-likeness (QED) is 0.0714. The summed E-state index contributed by atoms with van der Waals surface area (Å²) >= 11 is 0. The minimum absolute atomic E-state index is 0.0323. The van der Waals surface area contributed by atoms with E-state index in [4.69, 9.17) is 23.4 Å². The van der Waals surface area contributed by atoms with Gasteiger partial charge in [0, 0.05) is 21.9 Å². The number of phenols is 1. The Morgan fingerprint density at radius 1 is 0.860 bits per heavy atom. The average molecular weight is 691 g/mol. The number of hydrogen-bond donors (Lipinski definition) is 1. The van der Waals surface area contributed by atoms with Crippen molar-refractivity contribution in [3.8, 4) is 39.9 Å². The van der Waals surface area contributed by atoms with Crippen molar-refractivity contribution in [3.05, 3.63) is 99.9 Å². The first kappa shape index (κ1) is 33.3. The lowest BCUT2D eigenvalue weighted by Gasteiger charge is -2.36. The Morgan fingerprint density at radius 3 is 2.32 bits per heavy atom. The molecule has 4 aromatic carbocycles. The molecule has 1 saturated carbocycles. The van der Waals surface area contributed by atoms with Crippen molar-refractivity contribution < 1.29 is 46.0 Å². The topological polar surface area (TPSA) is 87.4 Å². The Morgan fingerprint density at radius 2 is 1.58 bits per heavy atom. The van der Waals surface area contributed by atoms with E-state index >= 15 is 17.6 Å². The van der Waals surface area contributed by atoms with Crippen molar-refractivity contribution in [1.29, 1.82) is 0 Å². The third kappa shape index (κ3) is 5.48. The molecule has 0 spiro atoms. The summed E-state index contributed by atoms with van der Waals surface area (Å²) in [6.45, 7) is 7.65. The van der Waals surface area contributed by atoms with Crippen LogP contribution >= 0.6 is 0 Å². The summed E-state index contributed by atoms with van der Waals surface area (Å²) in [7, 11) is 0. The minimum Gasteiger partial charge on any atom is -0.505 e. The summed E-state index contributed by atoms with van der Waals surface area (Å²) in [6.07, 6.45) is 3.71. The lowest BCUT2D eigenvalue weighted by atomic mass is 9.70. The van der Waals surface area contributed by atoms with Crippen LogP contribution in [0.1, 0.15) is 50.2 Å². The highest BCUT2D eigenvalue weighted by Crippen LogP contribution is 2.48. The normalized spacial score (nSPS) is 18.3. The Bertz CT molecular complexity index is 2210. The number of phenolic OH excluding ortho intramolecular Hbond substituents is 1. The van der Waals surface area contributed by atoms with Gasteiger partial charge in [-0.3, -0.25) is 0 Å². The molecule has 0 radical (unpaired) electrons. The van der Waals surface area contributed by atoms with E-state index in [-0.39, 0.29) is 71.0 Å². The second kappa shape index (κ2) is 13.3. The molecule has 50 heavy (non-hydrogen) atoms. The van der Waals surface area contributed by atoms with Gasteiger partial charge in [0.25, 0.3) is 0 Å². The van der Waals surface area contributed by atoms with Gasteiger partial charge in [0.15, 0.2) is 46.0 Å². The van der Waals surface area contributed by atoms with Crippen molar-refractivity contribution in [1.82, 2.24) is 0 Å². The van der Waals surface area contributed by atoms with Gasteiger partial charge in [-0.05, 0) is 104 Å². The molecule has 3 atom stereocenters. The molecule has 0 amide bonds. The van der Waals surface area contributed by atoms with Gasteiger partial charge in [-0.15, -0.1) is 6.58 Å². The maximum Gasteiger partial charge on any atom is 0.347 e. The first-order valence-corrected chi connectivity index (χ1v) is 16.5.